The number of allylic oxidation sites excluding steroid dienone is 4. The van der Waals surface area contributed by atoms with Crippen LogP contribution in [0.4, 0.5) is 13.2 Å². The van der Waals surface area contributed by atoms with Gasteiger partial charge in [-0.15, -0.1) is 13.2 Å². The zero-order valence-electron chi connectivity index (χ0n) is 15.1. The highest BCUT2D eigenvalue weighted by atomic mass is 19.4. The molecule has 0 amide bonds. The van der Waals surface area contributed by atoms with E-state index in [2.05, 4.69) is 10.8 Å². The van der Waals surface area contributed by atoms with Gasteiger partial charge in [0.15, 0.2) is 0 Å². The van der Waals surface area contributed by atoms with Crippen LogP contribution in [0.3, 0.4) is 0 Å². The molecule has 3 nitrogen and oxygen atoms in total. The van der Waals surface area contributed by atoms with E-state index in [1.807, 2.05) is 12.1 Å². The van der Waals surface area contributed by atoms with Crippen molar-refractivity contribution in [2.45, 2.75) is 57.6 Å². The van der Waals surface area contributed by atoms with Crippen molar-refractivity contribution < 1.29 is 22.6 Å². The number of rotatable bonds is 8. The zero-order valence-corrected chi connectivity index (χ0v) is 15.1. The van der Waals surface area contributed by atoms with Crippen LogP contribution < -0.4 is 4.74 Å². The normalized spacial score (nSPS) is 20.8. The van der Waals surface area contributed by atoms with Crippen molar-refractivity contribution in [3.8, 4) is 11.8 Å². The van der Waals surface area contributed by atoms with Gasteiger partial charge in [0, 0.05) is 6.08 Å². The third-order valence-corrected chi connectivity index (χ3v) is 4.60. The Morgan fingerprint density at radius 1 is 1.07 bits per heavy atom. The van der Waals surface area contributed by atoms with Crippen LogP contribution in [0.25, 0.3) is 0 Å². The number of nitrogens with zero attached hydrogens (tertiary/aromatic N) is 1. The average Bonchev–Trinajstić information content (AvgIpc) is 2.64. The zero-order chi connectivity index (χ0) is 19.5. The van der Waals surface area contributed by atoms with E-state index >= 15 is 0 Å². The van der Waals surface area contributed by atoms with Gasteiger partial charge < -0.3 is 9.47 Å². The van der Waals surface area contributed by atoms with Crippen molar-refractivity contribution in [2.75, 3.05) is 0 Å². The summed E-state index contributed by atoms with van der Waals surface area (Å²) in [6, 6.07) is 7.76. The molecule has 0 N–H and O–H groups in total. The van der Waals surface area contributed by atoms with Crippen LogP contribution >= 0.6 is 0 Å². The Morgan fingerprint density at radius 2 is 1.78 bits per heavy atom. The van der Waals surface area contributed by atoms with Gasteiger partial charge in [0.25, 0.3) is 0 Å². The van der Waals surface area contributed by atoms with E-state index in [0.29, 0.717) is 12.5 Å². The summed E-state index contributed by atoms with van der Waals surface area (Å²) in [5.41, 5.74) is 0.835. The SMILES string of the molecule is N#C/C=C/C=C/CCC1CCC(OCc2ccc(OC(F)(F)F)cc2)CC1. The number of hydrogen-bond donors (Lipinski definition) is 0. The largest absolute Gasteiger partial charge is 0.573 e. The fourth-order valence-corrected chi connectivity index (χ4v) is 3.19. The number of nitriles is 1. The van der Waals surface area contributed by atoms with Gasteiger partial charge in [-0.25, -0.2) is 0 Å². The monoisotopic (exact) mass is 379 g/mol. The van der Waals surface area contributed by atoms with Crippen LogP contribution in [0.5, 0.6) is 5.75 Å². The molecule has 1 saturated carbocycles. The lowest BCUT2D eigenvalue weighted by atomic mass is 9.84. The first-order chi connectivity index (χ1) is 13.0. The van der Waals surface area contributed by atoms with Crippen molar-refractivity contribution in [1.29, 1.82) is 5.26 Å². The topological polar surface area (TPSA) is 42.2 Å². The van der Waals surface area contributed by atoms with Gasteiger partial charge in [-0.1, -0.05) is 30.4 Å². The van der Waals surface area contributed by atoms with Gasteiger partial charge in [0.2, 0.25) is 0 Å². The van der Waals surface area contributed by atoms with Crippen LogP contribution in [0.1, 0.15) is 44.1 Å². The van der Waals surface area contributed by atoms with E-state index in [1.54, 1.807) is 18.2 Å². The van der Waals surface area contributed by atoms with E-state index in [4.69, 9.17) is 10.00 Å². The van der Waals surface area contributed by atoms with Gasteiger partial charge in [0.05, 0.1) is 18.8 Å². The van der Waals surface area contributed by atoms with E-state index in [0.717, 1.165) is 44.1 Å². The summed E-state index contributed by atoms with van der Waals surface area (Å²) in [6.45, 7) is 0.398. The van der Waals surface area contributed by atoms with Crippen molar-refractivity contribution >= 4 is 0 Å². The predicted molar refractivity (Wildman–Crippen MR) is 96.8 cm³/mol. The number of ether oxygens (including phenoxy) is 2. The lowest BCUT2D eigenvalue weighted by Gasteiger charge is -2.28. The molecule has 0 saturated heterocycles. The fraction of sp³-hybridized carbons (Fsp3) is 0.476. The molecule has 1 aliphatic carbocycles. The van der Waals surface area contributed by atoms with Gasteiger partial charge in [-0.3, -0.25) is 0 Å². The van der Waals surface area contributed by atoms with Crippen LogP contribution in [0, 0.1) is 17.2 Å². The van der Waals surface area contributed by atoms with Gasteiger partial charge in [0.1, 0.15) is 5.75 Å². The maximum atomic E-state index is 12.1. The maximum absolute atomic E-state index is 12.1. The number of hydrogen-bond acceptors (Lipinski definition) is 3. The molecule has 6 heteroatoms. The molecule has 2 rings (SSSR count). The Morgan fingerprint density at radius 3 is 2.41 bits per heavy atom. The molecular formula is C21H24F3NO2. The quantitative estimate of drug-likeness (QED) is 0.406. The molecule has 0 unspecified atom stereocenters. The highest BCUT2D eigenvalue weighted by Gasteiger charge is 2.31. The molecule has 1 aromatic carbocycles. The minimum atomic E-state index is -4.67. The Balaban J connectivity index is 1.64. The Kier molecular flexibility index (Phi) is 8.41. The second-order valence-electron chi connectivity index (χ2n) is 6.64. The smallest absolute Gasteiger partial charge is 0.406 e. The minimum absolute atomic E-state index is 0.210. The van der Waals surface area contributed by atoms with Crippen LogP contribution in [-0.4, -0.2) is 12.5 Å². The molecule has 0 heterocycles. The molecule has 0 aromatic heterocycles. The van der Waals surface area contributed by atoms with E-state index in [9.17, 15) is 13.2 Å². The van der Waals surface area contributed by atoms with Crippen LogP contribution in [0.2, 0.25) is 0 Å². The van der Waals surface area contributed by atoms with Crippen molar-refractivity contribution in [3.05, 3.63) is 54.1 Å². The molecule has 146 valence electrons. The predicted octanol–water partition coefficient (Wildman–Crippen LogP) is 6.08. The average molecular weight is 379 g/mol. The van der Waals surface area contributed by atoms with Crippen molar-refractivity contribution in [1.82, 2.24) is 0 Å². The van der Waals surface area contributed by atoms with Gasteiger partial charge >= 0.3 is 6.36 Å². The molecule has 0 aliphatic heterocycles. The highest BCUT2D eigenvalue weighted by molar-refractivity contribution is 5.27. The third kappa shape index (κ3) is 8.78. The first kappa shape index (κ1) is 21.0. The summed E-state index contributed by atoms with van der Waals surface area (Å²) in [5, 5.41) is 8.39. The van der Waals surface area contributed by atoms with E-state index in [1.165, 1.54) is 18.2 Å². The Labute approximate surface area is 158 Å². The second kappa shape index (κ2) is 10.8. The lowest BCUT2D eigenvalue weighted by Crippen LogP contribution is -2.21. The van der Waals surface area contributed by atoms with E-state index < -0.39 is 6.36 Å². The second-order valence-corrected chi connectivity index (χ2v) is 6.64. The number of alkyl halides is 3. The maximum Gasteiger partial charge on any atom is 0.573 e. The summed E-state index contributed by atoms with van der Waals surface area (Å²) in [5.74, 6) is 0.483. The molecule has 0 bridgehead atoms. The minimum Gasteiger partial charge on any atom is -0.406 e. The molecule has 1 aromatic rings. The fourth-order valence-electron chi connectivity index (χ4n) is 3.19. The number of halogens is 3. The standard InChI is InChI=1S/C21H24F3NO2/c22-21(23,24)27-20-13-9-18(10-14-20)16-26-19-11-7-17(8-12-19)6-4-2-1-3-5-15-25/h1-3,5,9-10,13-14,17,19H,4,6-8,11-12,16H2/b2-1+,5-3+. The summed E-state index contributed by atoms with van der Waals surface area (Å²) in [6.07, 6.45) is 9.17. The Bertz CT molecular complexity index is 651. The highest BCUT2D eigenvalue weighted by Crippen LogP contribution is 2.30. The van der Waals surface area contributed by atoms with Crippen molar-refractivity contribution in [3.63, 3.8) is 0 Å². The summed E-state index contributed by atoms with van der Waals surface area (Å²) in [7, 11) is 0. The third-order valence-electron chi connectivity index (χ3n) is 4.60. The Hall–Kier alpha value is -2.26. The van der Waals surface area contributed by atoms with Gasteiger partial charge in [-0.2, -0.15) is 5.26 Å². The summed E-state index contributed by atoms with van der Waals surface area (Å²) >= 11 is 0. The van der Waals surface area contributed by atoms with Gasteiger partial charge in [-0.05, 0) is 62.1 Å². The summed E-state index contributed by atoms with van der Waals surface area (Å²) in [4.78, 5) is 0. The first-order valence-corrected chi connectivity index (χ1v) is 9.14. The van der Waals surface area contributed by atoms with Crippen LogP contribution in [0.15, 0.2) is 48.6 Å². The molecule has 0 spiro atoms. The number of benzene rings is 1. The molecule has 0 atom stereocenters. The van der Waals surface area contributed by atoms with Crippen LogP contribution in [-0.2, 0) is 11.3 Å². The lowest BCUT2D eigenvalue weighted by molar-refractivity contribution is -0.274. The molecule has 27 heavy (non-hydrogen) atoms. The molecule has 0 radical (unpaired) electrons. The summed E-state index contributed by atoms with van der Waals surface area (Å²) < 4.78 is 46.2. The molecular weight excluding hydrogens is 355 g/mol. The molecule has 1 aliphatic rings. The van der Waals surface area contributed by atoms with E-state index in [-0.39, 0.29) is 11.9 Å². The van der Waals surface area contributed by atoms with Crippen molar-refractivity contribution in [2.24, 2.45) is 5.92 Å². The first-order valence-electron chi connectivity index (χ1n) is 9.14. The molecule has 1 fully saturated rings.